The van der Waals surface area contributed by atoms with Gasteiger partial charge >= 0.3 is 0 Å². The molecule has 2 aliphatic rings. The van der Waals surface area contributed by atoms with E-state index in [1.807, 2.05) is 0 Å². The van der Waals surface area contributed by atoms with Crippen LogP contribution in [0, 0.1) is 34.0 Å². The monoisotopic (exact) mass is 231 g/mol. The van der Waals surface area contributed by atoms with Gasteiger partial charge in [0, 0.05) is 6.42 Å². The lowest BCUT2D eigenvalue weighted by Crippen LogP contribution is -2.49. The van der Waals surface area contributed by atoms with E-state index in [0.29, 0.717) is 23.2 Å². The molecule has 0 aliphatic heterocycles. The van der Waals surface area contributed by atoms with Crippen molar-refractivity contribution in [2.24, 2.45) is 22.7 Å². The van der Waals surface area contributed by atoms with E-state index in [1.54, 1.807) is 0 Å². The number of rotatable bonds is 1. The summed E-state index contributed by atoms with van der Waals surface area (Å²) in [5.74, 6) is 1.21. The Bertz CT molecular complexity index is 360. The number of fused-ring (bicyclic) bond motifs is 1. The Morgan fingerprint density at radius 1 is 1.35 bits per heavy atom. The molecule has 0 aromatic carbocycles. The summed E-state index contributed by atoms with van der Waals surface area (Å²) in [5.41, 5.74) is 2.11. The van der Waals surface area contributed by atoms with Gasteiger partial charge in [0.2, 0.25) is 0 Å². The summed E-state index contributed by atoms with van der Waals surface area (Å²) >= 11 is 0. The van der Waals surface area contributed by atoms with E-state index >= 15 is 0 Å². The lowest BCUT2D eigenvalue weighted by atomic mass is 9.47. The maximum Gasteiger partial charge on any atom is 0.0628 e. The Morgan fingerprint density at radius 2 is 2.06 bits per heavy atom. The fraction of sp³-hybridized carbons (Fsp3) is 0.812. The third kappa shape index (κ3) is 1.92. The van der Waals surface area contributed by atoms with Gasteiger partial charge in [-0.3, -0.25) is 0 Å². The quantitative estimate of drug-likeness (QED) is 0.600. The van der Waals surface area contributed by atoms with E-state index in [4.69, 9.17) is 5.26 Å². The molecule has 3 atom stereocenters. The van der Waals surface area contributed by atoms with Gasteiger partial charge < -0.3 is 0 Å². The van der Waals surface area contributed by atoms with E-state index in [-0.39, 0.29) is 0 Å². The number of allylic oxidation sites excluding steroid dienone is 1. The number of hydrogen-bond donors (Lipinski definition) is 0. The maximum atomic E-state index is 9.08. The summed E-state index contributed by atoms with van der Waals surface area (Å²) in [6.07, 6.45) is 7.03. The van der Waals surface area contributed by atoms with Gasteiger partial charge in [-0.2, -0.15) is 5.26 Å². The van der Waals surface area contributed by atoms with Gasteiger partial charge in [0.25, 0.3) is 0 Å². The number of nitriles is 1. The highest BCUT2D eigenvalue weighted by molar-refractivity contribution is 5.17. The molecule has 0 N–H and O–H groups in total. The van der Waals surface area contributed by atoms with Gasteiger partial charge in [0.1, 0.15) is 0 Å². The third-order valence-electron chi connectivity index (χ3n) is 5.61. The van der Waals surface area contributed by atoms with Gasteiger partial charge in [-0.25, -0.2) is 0 Å². The molecule has 2 rings (SSSR count). The second-order valence-corrected chi connectivity index (χ2v) is 7.01. The molecule has 17 heavy (non-hydrogen) atoms. The van der Waals surface area contributed by atoms with Crippen molar-refractivity contribution in [3.05, 3.63) is 12.2 Å². The Morgan fingerprint density at radius 3 is 2.71 bits per heavy atom. The van der Waals surface area contributed by atoms with Crippen molar-refractivity contribution >= 4 is 0 Å². The highest BCUT2D eigenvalue weighted by atomic mass is 14.6. The lowest BCUT2D eigenvalue weighted by molar-refractivity contribution is -0.0506. The molecular weight excluding hydrogens is 206 g/mol. The first kappa shape index (κ1) is 12.7. The van der Waals surface area contributed by atoms with Crippen molar-refractivity contribution < 1.29 is 0 Å². The topological polar surface area (TPSA) is 23.8 Å². The maximum absolute atomic E-state index is 9.08. The molecule has 0 unspecified atom stereocenters. The van der Waals surface area contributed by atoms with Crippen LogP contribution in [0.25, 0.3) is 0 Å². The summed E-state index contributed by atoms with van der Waals surface area (Å²) < 4.78 is 0. The average Bonchev–Trinajstić information content (AvgIpc) is 2.22. The molecule has 2 saturated carbocycles. The first-order chi connectivity index (χ1) is 7.92. The predicted octanol–water partition coefficient (Wildman–Crippen LogP) is 4.70. The summed E-state index contributed by atoms with van der Waals surface area (Å²) in [4.78, 5) is 0. The van der Waals surface area contributed by atoms with Crippen molar-refractivity contribution in [1.29, 1.82) is 5.26 Å². The largest absolute Gasteiger partial charge is 0.198 e. The van der Waals surface area contributed by atoms with E-state index in [0.717, 1.165) is 12.3 Å². The minimum atomic E-state index is 0.326. The van der Waals surface area contributed by atoms with Crippen LogP contribution in [0.2, 0.25) is 0 Å². The zero-order valence-electron chi connectivity index (χ0n) is 11.6. The lowest BCUT2D eigenvalue weighted by Gasteiger charge is -2.57. The SMILES string of the molecule is C=C1CC[C@H]2C(C)(C)CCC[C@]2(C)[C@H]1CC#N. The highest BCUT2D eigenvalue weighted by Crippen LogP contribution is 2.61. The molecule has 94 valence electrons. The van der Waals surface area contributed by atoms with Crippen molar-refractivity contribution in [3.63, 3.8) is 0 Å². The molecule has 0 amide bonds. The molecule has 0 spiro atoms. The Kier molecular flexibility index (Phi) is 3.10. The van der Waals surface area contributed by atoms with Gasteiger partial charge in [0.05, 0.1) is 6.07 Å². The van der Waals surface area contributed by atoms with Crippen LogP contribution in [-0.4, -0.2) is 0 Å². The van der Waals surface area contributed by atoms with Crippen LogP contribution in [0.5, 0.6) is 0 Å². The Balaban J connectivity index is 2.35. The van der Waals surface area contributed by atoms with Crippen molar-refractivity contribution in [3.8, 4) is 6.07 Å². The van der Waals surface area contributed by atoms with Crippen LogP contribution in [0.4, 0.5) is 0 Å². The fourth-order valence-corrected chi connectivity index (χ4v) is 4.74. The number of hydrogen-bond acceptors (Lipinski definition) is 1. The molecule has 1 heteroatoms. The second-order valence-electron chi connectivity index (χ2n) is 7.01. The molecular formula is C16H25N. The summed E-state index contributed by atoms with van der Waals surface area (Å²) in [6.45, 7) is 11.5. The summed E-state index contributed by atoms with van der Waals surface area (Å²) in [6, 6.07) is 2.39. The summed E-state index contributed by atoms with van der Waals surface area (Å²) in [5, 5.41) is 9.08. The minimum absolute atomic E-state index is 0.326. The van der Waals surface area contributed by atoms with Crippen LogP contribution in [0.15, 0.2) is 12.2 Å². The molecule has 2 aliphatic carbocycles. The minimum Gasteiger partial charge on any atom is -0.198 e. The van der Waals surface area contributed by atoms with Gasteiger partial charge in [-0.15, -0.1) is 0 Å². The molecule has 2 fully saturated rings. The molecule has 0 saturated heterocycles. The van der Waals surface area contributed by atoms with E-state index in [2.05, 4.69) is 33.4 Å². The van der Waals surface area contributed by atoms with Crippen molar-refractivity contribution in [2.75, 3.05) is 0 Å². The van der Waals surface area contributed by atoms with E-state index in [9.17, 15) is 0 Å². The standard InChI is InChI=1S/C16H25N/c1-12-6-7-14-15(2,3)9-5-10-16(14,4)13(12)8-11-17/h13-14H,1,5-10H2,2-4H3/t13-,14-,16+/m0/s1. The van der Waals surface area contributed by atoms with Gasteiger partial charge in [0.15, 0.2) is 0 Å². The normalized spacial score (nSPS) is 40.5. The predicted molar refractivity (Wildman–Crippen MR) is 71.3 cm³/mol. The van der Waals surface area contributed by atoms with E-state index in [1.165, 1.54) is 31.3 Å². The van der Waals surface area contributed by atoms with Crippen LogP contribution >= 0.6 is 0 Å². The Hall–Kier alpha value is -0.770. The molecule has 0 aromatic rings. The van der Waals surface area contributed by atoms with Gasteiger partial charge in [-0.05, 0) is 48.3 Å². The smallest absolute Gasteiger partial charge is 0.0628 e. The fourth-order valence-electron chi connectivity index (χ4n) is 4.74. The molecule has 0 aromatic heterocycles. The van der Waals surface area contributed by atoms with Crippen LogP contribution < -0.4 is 0 Å². The molecule has 0 heterocycles. The molecule has 0 radical (unpaired) electrons. The second kappa shape index (κ2) is 4.16. The highest BCUT2D eigenvalue weighted by Gasteiger charge is 2.52. The first-order valence-electron chi connectivity index (χ1n) is 6.96. The van der Waals surface area contributed by atoms with Gasteiger partial charge in [-0.1, -0.05) is 39.3 Å². The zero-order chi connectivity index (χ0) is 12.7. The van der Waals surface area contributed by atoms with Crippen LogP contribution in [-0.2, 0) is 0 Å². The zero-order valence-corrected chi connectivity index (χ0v) is 11.6. The van der Waals surface area contributed by atoms with E-state index < -0.39 is 0 Å². The van der Waals surface area contributed by atoms with Crippen molar-refractivity contribution in [1.82, 2.24) is 0 Å². The Labute approximate surface area is 106 Å². The molecule has 0 bridgehead atoms. The third-order valence-corrected chi connectivity index (χ3v) is 5.61. The molecule has 1 nitrogen and oxygen atoms in total. The summed E-state index contributed by atoms with van der Waals surface area (Å²) in [7, 11) is 0. The van der Waals surface area contributed by atoms with Crippen molar-refractivity contribution in [2.45, 2.75) is 59.3 Å². The number of nitrogens with zero attached hydrogens (tertiary/aromatic N) is 1. The first-order valence-corrected chi connectivity index (χ1v) is 6.96. The van der Waals surface area contributed by atoms with Crippen LogP contribution in [0.1, 0.15) is 59.3 Å². The van der Waals surface area contributed by atoms with Crippen LogP contribution in [0.3, 0.4) is 0 Å². The average molecular weight is 231 g/mol.